The molecule has 0 aromatic rings. The van der Waals surface area contributed by atoms with Crippen LogP contribution in [0.1, 0.15) is 0 Å². The average Bonchev–Trinajstić information content (AvgIpc) is 0.918. The molecule has 0 aliphatic heterocycles. The van der Waals surface area contributed by atoms with Crippen molar-refractivity contribution in [1.82, 2.24) is 0 Å². The summed E-state index contributed by atoms with van der Waals surface area (Å²) in [4.78, 5) is 0. The van der Waals surface area contributed by atoms with E-state index in [4.69, 9.17) is 19.1 Å². The maximum absolute atomic E-state index is 4.81. The fraction of sp³-hybridized carbons (Fsp3) is 0. The van der Waals surface area contributed by atoms with Gasteiger partial charge in [-0.05, 0) is 0 Å². The molecule has 0 spiro atoms. The van der Waals surface area contributed by atoms with E-state index < -0.39 is 0 Å². The van der Waals surface area contributed by atoms with Crippen LogP contribution in [0.15, 0.2) is 0 Å². The molecular weight excluding hydrogens is 374 g/mol. The Morgan fingerprint density at radius 2 is 1.25 bits per heavy atom. The molecule has 0 aliphatic carbocycles. The van der Waals surface area contributed by atoms with Gasteiger partial charge in [-0.2, -0.15) is 0 Å². The first-order valence-corrected chi connectivity index (χ1v) is 4.24. The van der Waals surface area contributed by atoms with E-state index in [1.165, 1.54) is 0 Å². The SMILES string of the molecule is [Au].[Cl][Pd][Cl]. The first kappa shape index (κ1) is 9.36. The third-order valence-electron chi connectivity index (χ3n) is 0. The van der Waals surface area contributed by atoms with Gasteiger partial charge in [0.15, 0.2) is 0 Å². The van der Waals surface area contributed by atoms with Crippen LogP contribution in [-0.2, 0) is 38.3 Å². The molecule has 0 heterocycles. The number of hydrogen-bond donors (Lipinski definition) is 0. The molecule has 0 amide bonds. The molecule has 0 fully saturated rings. The van der Waals surface area contributed by atoms with E-state index in [1.54, 1.807) is 0 Å². The monoisotopic (exact) mass is 373 g/mol. The molecule has 0 bridgehead atoms. The van der Waals surface area contributed by atoms with E-state index >= 15 is 0 Å². The first-order chi connectivity index (χ1) is 1.41. The van der Waals surface area contributed by atoms with Crippen LogP contribution in [0.5, 0.6) is 0 Å². The van der Waals surface area contributed by atoms with Gasteiger partial charge in [-0.15, -0.1) is 0 Å². The summed E-state index contributed by atoms with van der Waals surface area (Å²) in [6.45, 7) is 0. The predicted octanol–water partition coefficient (Wildman–Crippen LogP) is 1.37. The second-order valence-electron chi connectivity index (χ2n) is 0.0452. The topological polar surface area (TPSA) is 0 Å². The van der Waals surface area contributed by atoms with Gasteiger partial charge in [-0.3, -0.25) is 0 Å². The molecule has 4 heavy (non-hydrogen) atoms. The zero-order chi connectivity index (χ0) is 2.71. The van der Waals surface area contributed by atoms with Gasteiger partial charge in [-0.1, -0.05) is 0 Å². The Kier molecular flexibility index (Phi) is 20.8. The number of rotatable bonds is 0. The standard InChI is InChI=1S/Au.2ClH.Pd/h;2*1H;/q;;;+2/p-2. The number of halogens is 2. The number of hydrogen-bond acceptors (Lipinski definition) is 0. The molecule has 0 saturated heterocycles. The zero-order valence-electron chi connectivity index (χ0n) is 1.37. The van der Waals surface area contributed by atoms with Gasteiger partial charge in [0.1, 0.15) is 0 Å². The molecule has 0 nitrogen and oxygen atoms in total. The van der Waals surface area contributed by atoms with Gasteiger partial charge < -0.3 is 0 Å². The van der Waals surface area contributed by atoms with Crippen LogP contribution in [0.3, 0.4) is 0 Å². The maximum atomic E-state index is 4.81. The fourth-order valence-corrected chi connectivity index (χ4v) is 0. The van der Waals surface area contributed by atoms with Crippen molar-refractivity contribution in [2.24, 2.45) is 0 Å². The molecule has 0 atom stereocenters. The minimum atomic E-state index is -0.106. The molecule has 0 unspecified atom stereocenters. The first-order valence-electron chi connectivity index (χ1n) is 0.239. The molecule has 0 saturated carbocycles. The summed E-state index contributed by atoms with van der Waals surface area (Å²) in [5.41, 5.74) is 0. The van der Waals surface area contributed by atoms with Crippen LogP contribution in [0, 0.1) is 0 Å². The molecule has 0 aliphatic rings. The second kappa shape index (κ2) is 8.88. The second-order valence-corrected chi connectivity index (χ2v) is 2.41. The van der Waals surface area contributed by atoms with Gasteiger partial charge in [0.2, 0.25) is 0 Å². The van der Waals surface area contributed by atoms with Gasteiger partial charge in [0.25, 0.3) is 0 Å². The van der Waals surface area contributed by atoms with E-state index in [2.05, 4.69) is 0 Å². The van der Waals surface area contributed by atoms with Crippen LogP contribution < -0.4 is 0 Å². The van der Waals surface area contributed by atoms with Crippen molar-refractivity contribution in [2.45, 2.75) is 0 Å². The summed E-state index contributed by atoms with van der Waals surface area (Å²) in [6.07, 6.45) is 0. The van der Waals surface area contributed by atoms with Gasteiger partial charge in [-0.25, -0.2) is 0 Å². The summed E-state index contributed by atoms with van der Waals surface area (Å²) in [6, 6.07) is 0. The van der Waals surface area contributed by atoms with Crippen LogP contribution in [-0.4, -0.2) is 0 Å². The minimum absolute atomic E-state index is 0. The Bertz CT molecular complexity index is 6.00. The molecule has 35 valence electrons. The summed E-state index contributed by atoms with van der Waals surface area (Å²) >= 11 is -0.106. The van der Waals surface area contributed by atoms with E-state index in [0.717, 1.165) is 0 Å². The van der Waals surface area contributed by atoms with Crippen molar-refractivity contribution >= 4 is 19.1 Å². The molecule has 0 aromatic heterocycles. The van der Waals surface area contributed by atoms with E-state index in [9.17, 15) is 0 Å². The van der Waals surface area contributed by atoms with E-state index in [0.29, 0.717) is 0 Å². The third-order valence-corrected chi connectivity index (χ3v) is 0. The normalized spacial score (nSPS) is 5.50. The summed E-state index contributed by atoms with van der Waals surface area (Å²) in [7, 11) is 9.63. The van der Waals surface area contributed by atoms with Gasteiger partial charge in [0, 0.05) is 22.4 Å². The Balaban J connectivity index is 0. The van der Waals surface area contributed by atoms with E-state index in [1.807, 2.05) is 0 Å². The van der Waals surface area contributed by atoms with Crippen LogP contribution in [0.4, 0.5) is 0 Å². The van der Waals surface area contributed by atoms with Gasteiger partial charge in [0.05, 0.1) is 0 Å². The van der Waals surface area contributed by atoms with Crippen molar-refractivity contribution in [3.63, 3.8) is 0 Å². The summed E-state index contributed by atoms with van der Waals surface area (Å²) in [5, 5.41) is 0. The Morgan fingerprint density at radius 3 is 1.25 bits per heavy atom. The predicted molar refractivity (Wildman–Crippen MR) is 11.7 cm³/mol. The van der Waals surface area contributed by atoms with Crippen molar-refractivity contribution in [2.75, 3.05) is 0 Å². The quantitative estimate of drug-likeness (QED) is 0.562. The molecule has 4 heteroatoms. The summed E-state index contributed by atoms with van der Waals surface area (Å²) < 4.78 is 0. The van der Waals surface area contributed by atoms with Gasteiger partial charge >= 0.3 is 35.0 Å². The zero-order valence-corrected chi connectivity index (χ0v) is 6.61. The molecule has 0 aromatic carbocycles. The average molecular weight is 374 g/mol. The van der Waals surface area contributed by atoms with Crippen molar-refractivity contribution in [3.05, 3.63) is 0 Å². The van der Waals surface area contributed by atoms with Crippen molar-refractivity contribution in [1.29, 1.82) is 0 Å². The molecule has 1 radical (unpaired) electrons. The summed E-state index contributed by atoms with van der Waals surface area (Å²) in [5.74, 6) is 0. The fourth-order valence-electron chi connectivity index (χ4n) is 0. The van der Waals surface area contributed by atoms with Crippen molar-refractivity contribution in [3.8, 4) is 0 Å². The third kappa shape index (κ3) is 9.01. The van der Waals surface area contributed by atoms with Crippen LogP contribution >= 0.6 is 19.1 Å². The molecular formula is AuCl2Pd. The van der Waals surface area contributed by atoms with Crippen LogP contribution in [0.2, 0.25) is 0 Å². The molecule has 0 rings (SSSR count). The Hall–Kier alpha value is 1.98. The van der Waals surface area contributed by atoms with Crippen LogP contribution in [0.25, 0.3) is 0 Å². The Labute approximate surface area is 56.8 Å². The van der Waals surface area contributed by atoms with E-state index in [-0.39, 0.29) is 38.3 Å². The molecule has 0 N–H and O–H groups in total. The Morgan fingerprint density at radius 1 is 1.25 bits per heavy atom. The van der Waals surface area contributed by atoms with Crippen molar-refractivity contribution < 1.29 is 38.3 Å².